The van der Waals surface area contributed by atoms with Crippen LogP contribution in [0.1, 0.15) is 30.9 Å². The quantitative estimate of drug-likeness (QED) is 0.741. The van der Waals surface area contributed by atoms with Crippen LogP contribution in [0.3, 0.4) is 0 Å². The minimum Gasteiger partial charge on any atom is -0.508 e. The van der Waals surface area contributed by atoms with E-state index in [0.29, 0.717) is 11.9 Å². The lowest BCUT2D eigenvalue weighted by Crippen LogP contribution is -2.21. The number of fused-ring (bicyclic) bond motifs is 1. The predicted molar refractivity (Wildman–Crippen MR) is 55.9 cm³/mol. The summed E-state index contributed by atoms with van der Waals surface area (Å²) in [5.41, 5.74) is 2.03. The molecule has 0 aromatic heterocycles. The summed E-state index contributed by atoms with van der Waals surface area (Å²) < 4.78 is 5.81. The molecule has 14 heavy (non-hydrogen) atoms. The maximum atomic E-state index is 9.54. The second kappa shape index (κ2) is 3.52. The van der Waals surface area contributed by atoms with Crippen molar-refractivity contribution in [2.75, 3.05) is 0 Å². The van der Waals surface area contributed by atoms with Gasteiger partial charge in [-0.25, -0.2) is 0 Å². The summed E-state index contributed by atoms with van der Waals surface area (Å²) in [6, 6.07) is 3.77. The first kappa shape index (κ1) is 9.38. The van der Waals surface area contributed by atoms with Crippen molar-refractivity contribution in [2.24, 2.45) is 0 Å². The van der Waals surface area contributed by atoms with Gasteiger partial charge in [-0.2, -0.15) is 0 Å². The lowest BCUT2D eigenvalue weighted by molar-refractivity contribution is 0.169. The van der Waals surface area contributed by atoms with Crippen LogP contribution < -0.4 is 4.74 Å². The highest BCUT2D eigenvalue weighted by atomic mass is 16.5. The van der Waals surface area contributed by atoms with E-state index < -0.39 is 0 Å². The SMILES string of the molecule is CCC1CCc2cc(O)c(C)cc2O1. The number of aryl methyl sites for hydroxylation is 2. The molecule has 76 valence electrons. The van der Waals surface area contributed by atoms with Gasteiger partial charge in [0.25, 0.3) is 0 Å². The standard InChI is InChI=1S/C12H16O2/c1-3-10-5-4-9-7-11(13)8(2)6-12(9)14-10/h6-7,10,13H,3-5H2,1-2H3. The van der Waals surface area contributed by atoms with E-state index in [4.69, 9.17) is 4.74 Å². The zero-order chi connectivity index (χ0) is 10.1. The molecule has 1 aromatic carbocycles. The fraction of sp³-hybridized carbons (Fsp3) is 0.500. The number of phenols is 1. The molecule has 0 radical (unpaired) electrons. The number of hydrogen-bond acceptors (Lipinski definition) is 2. The van der Waals surface area contributed by atoms with Gasteiger partial charge in [-0.05, 0) is 49.4 Å². The summed E-state index contributed by atoms with van der Waals surface area (Å²) in [6.07, 6.45) is 3.49. The molecule has 0 saturated carbocycles. The Morgan fingerprint density at radius 3 is 3.00 bits per heavy atom. The van der Waals surface area contributed by atoms with Gasteiger partial charge in [0.15, 0.2) is 0 Å². The molecule has 0 spiro atoms. The second-order valence-corrected chi connectivity index (χ2v) is 3.93. The predicted octanol–water partition coefficient (Wildman–Crippen LogP) is 2.80. The van der Waals surface area contributed by atoms with E-state index in [9.17, 15) is 5.11 Å². The number of phenolic OH excluding ortho intramolecular Hbond substituents is 1. The first-order valence-electron chi connectivity index (χ1n) is 5.20. The Morgan fingerprint density at radius 2 is 2.29 bits per heavy atom. The van der Waals surface area contributed by atoms with Crippen LogP contribution in [0.4, 0.5) is 0 Å². The van der Waals surface area contributed by atoms with E-state index in [-0.39, 0.29) is 0 Å². The molecule has 2 rings (SSSR count). The molecule has 1 aliphatic rings. The monoisotopic (exact) mass is 192 g/mol. The molecule has 0 saturated heterocycles. The highest BCUT2D eigenvalue weighted by molar-refractivity contribution is 5.46. The number of benzene rings is 1. The van der Waals surface area contributed by atoms with E-state index >= 15 is 0 Å². The van der Waals surface area contributed by atoms with Crippen molar-refractivity contribution in [2.45, 2.75) is 39.2 Å². The van der Waals surface area contributed by atoms with Crippen molar-refractivity contribution in [1.29, 1.82) is 0 Å². The third-order valence-corrected chi connectivity index (χ3v) is 2.86. The molecule has 1 aromatic rings. The van der Waals surface area contributed by atoms with Gasteiger partial charge in [0, 0.05) is 0 Å². The first-order valence-corrected chi connectivity index (χ1v) is 5.20. The Kier molecular flexibility index (Phi) is 2.36. The molecule has 2 heteroatoms. The third kappa shape index (κ3) is 1.57. The van der Waals surface area contributed by atoms with Crippen LogP contribution in [0.5, 0.6) is 11.5 Å². The summed E-state index contributed by atoms with van der Waals surface area (Å²) >= 11 is 0. The fourth-order valence-corrected chi connectivity index (χ4v) is 1.86. The van der Waals surface area contributed by atoms with Crippen molar-refractivity contribution in [3.8, 4) is 11.5 Å². The third-order valence-electron chi connectivity index (χ3n) is 2.86. The minimum atomic E-state index is 0.353. The van der Waals surface area contributed by atoms with E-state index in [0.717, 1.165) is 36.1 Å². The topological polar surface area (TPSA) is 29.5 Å². The summed E-state index contributed by atoms with van der Waals surface area (Å²) in [6.45, 7) is 4.04. The number of rotatable bonds is 1. The Bertz CT molecular complexity index is 344. The lowest BCUT2D eigenvalue weighted by atomic mass is 9.99. The molecule has 1 aliphatic heterocycles. The smallest absolute Gasteiger partial charge is 0.123 e. The van der Waals surface area contributed by atoms with Crippen molar-refractivity contribution in [3.63, 3.8) is 0 Å². The van der Waals surface area contributed by atoms with E-state index in [1.54, 1.807) is 0 Å². The normalized spacial score (nSPS) is 20.0. The van der Waals surface area contributed by atoms with Crippen molar-refractivity contribution in [3.05, 3.63) is 23.3 Å². The van der Waals surface area contributed by atoms with Gasteiger partial charge >= 0.3 is 0 Å². The van der Waals surface area contributed by atoms with Gasteiger partial charge in [0.1, 0.15) is 11.5 Å². The van der Waals surface area contributed by atoms with Gasteiger partial charge in [0.2, 0.25) is 0 Å². The maximum Gasteiger partial charge on any atom is 0.123 e. The molecule has 1 atom stereocenters. The molecule has 0 bridgehead atoms. The number of hydrogen-bond donors (Lipinski definition) is 1. The van der Waals surface area contributed by atoms with Crippen LogP contribution in [0.15, 0.2) is 12.1 Å². The number of aromatic hydroxyl groups is 1. The molecular formula is C12H16O2. The second-order valence-electron chi connectivity index (χ2n) is 3.93. The van der Waals surface area contributed by atoms with Gasteiger partial charge in [0.05, 0.1) is 6.10 Å². The van der Waals surface area contributed by atoms with Crippen LogP contribution in [-0.4, -0.2) is 11.2 Å². The van der Waals surface area contributed by atoms with Crippen LogP contribution in [0.25, 0.3) is 0 Å². The summed E-state index contributed by atoms with van der Waals surface area (Å²) in [5.74, 6) is 1.33. The average molecular weight is 192 g/mol. The number of ether oxygens (including phenoxy) is 1. The van der Waals surface area contributed by atoms with Crippen LogP contribution in [0.2, 0.25) is 0 Å². The zero-order valence-electron chi connectivity index (χ0n) is 8.71. The summed E-state index contributed by atoms with van der Waals surface area (Å²) in [5, 5.41) is 9.54. The van der Waals surface area contributed by atoms with E-state index in [1.807, 2.05) is 19.1 Å². The van der Waals surface area contributed by atoms with Crippen LogP contribution >= 0.6 is 0 Å². The molecule has 1 N–H and O–H groups in total. The van der Waals surface area contributed by atoms with Crippen molar-refractivity contribution in [1.82, 2.24) is 0 Å². The van der Waals surface area contributed by atoms with Gasteiger partial charge < -0.3 is 9.84 Å². The highest BCUT2D eigenvalue weighted by Crippen LogP contribution is 2.33. The largest absolute Gasteiger partial charge is 0.508 e. The van der Waals surface area contributed by atoms with Crippen LogP contribution in [0, 0.1) is 6.92 Å². The summed E-state index contributed by atoms with van der Waals surface area (Å²) in [7, 11) is 0. The lowest BCUT2D eigenvalue weighted by Gasteiger charge is -2.25. The first-order chi connectivity index (χ1) is 6.70. The molecule has 1 heterocycles. The molecule has 0 aliphatic carbocycles. The van der Waals surface area contributed by atoms with Crippen molar-refractivity contribution < 1.29 is 9.84 Å². The molecule has 1 unspecified atom stereocenters. The minimum absolute atomic E-state index is 0.353. The zero-order valence-corrected chi connectivity index (χ0v) is 8.71. The molecular weight excluding hydrogens is 176 g/mol. The van der Waals surface area contributed by atoms with E-state index in [2.05, 4.69) is 6.92 Å². The fourth-order valence-electron chi connectivity index (χ4n) is 1.86. The van der Waals surface area contributed by atoms with E-state index in [1.165, 1.54) is 0 Å². The van der Waals surface area contributed by atoms with Crippen LogP contribution in [-0.2, 0) is 6.42 Å². The van der Waals surface area contributed by atoms with Crippen molar-refractivity contribution >= 4 is 0 Å². The highest BCUT2D eigenvalue weighted by Gasteiger charge is 2.19. The van der Waals surface area contributed by atoms with Gasteiger partial charge in [-0.3, -0.25) is 0 Å². The maximum absolute atomic E-state index is 9.54. The Balaban J connectivity index is 2.33. The Labute approximate surface area is 84.5 Å². The molecule has 2 nitrogen and oxygen atoms in total. The molecule has 0 amide bonds. The molecule has 0 fully saturated rings. The Hall–Kier alpha value is -1.18. The average Bonchev–Trinajstić information content (AvgIpc) is 2.19. The van der Waals surface area contributed by atoms with Gasteiger partial charge in [-0.1, -0.05) is 6.92 Å². The van der Waals surface area contributed by atoms with Gasteiger partial charge in [-0.15, -0.1) is 0 Å². The summed E-state index contributed by atoms with van der Waals surface area (Å²) in [4.78, 5) is 0. The Morgan fingerprint density at radius 1 is 1.50 bits per heavy atom.